The molecule has 0 aliphatic rings. The average Bonchev–Trinajstić information content (AvgIpc) is 2.15. The Kier molecular flexibility index (Phi) is 3.39. The number of aliphatic carboxylic acids is 1. The maximum atomic E-state index is 10.7. The lowest BCUT2D eigenvalue weighted by atomic mass is 10.3. The number of rotatable bonds is 4. The second-order valence-corrected chi connectivity index (χ2v) is 3.30. The van der Waals surface area contributed by atoms with Crippen LogP contribution in [0.3, 0.4) is 0 Å². The van der Waals surface area contributed by atoms with Crippen LogP contribution in [0.2, 0.25) is 0 Å². The van der Waals surface area contributed by atoms with Gasteiger partial charge in [-0.25, -0.2) is 4.98 Å². The van der Waals surface area contributed by atoms with E-state index in [-0.39, 0.29) is 18.1 Å². The number of nitro groups is 1. The first-order chi connectivity index (χ1) is 7.41. The first-order valence-electron chi connectivity index (χ1n) is 4.46. The summed E-state index contributed by atoms with van der Waals surface area (Å²) >= 11 is 0. The lowest BCUT2D eigenvalue weighted by Crippen LogP contribution is -2.26. The molecule has 1 rings (SSSR count). The third kappa shape index (κ3) is 2.66. The van der Waals surface area contributed by atoms with Gasteiger partial charge in [-0.15, -0.1) is 0 Å². The van der Waals surface area contributed by atoms with E-state index < -0.39 is 10.9 Å². The Labute approximate surface area is 91.5 Å². The smallest absolute Gasteiger partial charge is 0.323 e. The van der Waals surface area contributed by atoms with Gasteiger partial charge in [0.15, 0.2) is 0 Å². The summed E-state index contributed by atoms with van der Waals surface area (Å²) in [5.74, 6) is -1.01. The van der Waals surface area contributed by atoms with Crippen molar-refractivity contribution in [2.75, 3.05) is 18.5 Å². The molecule has 1 aromatic heterocycles. The minimum absolute atomic E-state index is 0.0624. The van der Waals surface area contributed by atoms with E-state index in [9.17, 15) is 14.9 Å². The molecule has 0 atom stereocenters. The van der Waals surface area contributed by atoms with Crippen LogP contribution in [-0.2, 0) is 4.79 Å². The summed E-state index contributed by atoms with van der Waals surface area (Å²) in [6.45, 7) is 1.35. The average molecular weight is 225 g/mol. The topological polar surface area (TPSA) is 96.6 Å². The van der Waals surface area contributed by atoms with E-state index in [0.29, 0.717) is 5.69 Å². The molecule has 0 amide bonds. The molecule has 0 aromatic carbocycles. The van der Waals surface area contributed by atoms with E-state index in [0.717, 1.165) is 0 Å². The molecule has 0 bridgehead atoms. The SMILES string of the molecule is Cc1ccc([N+](=O)[O-])c(N(C)CC(=O)O)n1. The third-order valence-corrected chi connectivity index (χ3v) is 1.92. The van der Waals surface area contributed by atoms with Crippen molar-refractivity contribution in [3.8, 4) is 0 Å². The lowest BCUT2D eigenvalue weighted by Gasteiger charge is -2.15. The Morgan fingerprint density at radius 3 is 2.75 bits per heavy atom. The highest BCUT2D eigenvalue weighted by Gasteiger charge is 2.20. The van der Waals surface area contributed by atoms with Crippen LogP contribution in [0.5, 0.6) is 0 Å². The summed E-state index contributed by atoms with van der Waals surface area (Å²) in [6, 6.07) is 2.83. The number of pyridine rings is 1. The Hall–Kier alpha value is -2.18. The van der Waals surface area contributed by atoms with Crippen molar-refractivity contribution >= 4 is 17.5 Å². The van der Waals surface area contributed by atoms with Gasteiger partial charge < -0.3 is 10.0 Å². The Balaban J connectivity index is 3.13. The van der Waals surface area contributed by atoms with Crippen LogP contribution in [-0.4, -0.2) is 34.6 Å². The molecule has 1 aromatic rings. The zero-order valence-electron chi connectivity index (χ0n) is 8.88. The van der Waals surface area contributed by atoms with Crippen molar-refractivity contribution in [2.45, 2.75) is 6.92 Å². The molecule has 0 fully saturated rings. The number of carbonyl (C=O) groups is 1. The predicted octanol–water partition coefficient (Wildman–Crippen LogP) is 0.819. The van der Waals surface area contributed by atoms with Crippen LogP contribution < -0.4 is 4.90 Å². The zero-order chi connectivity index (χ0) is 12.3. The van der Waals surface area contributed by atoms with Crippen molar-refractivity contribution in [2.24, 2.45) is 0 Å². The number of nitrogens with zero attached hydrogens (tertiary/aromatic N) is 3. The second-order valence-electron chi connectivity index (χ2n) is 3.30. The van der Waals surface area contributed by atoms with Gasteiger partial charge in [-0.05, 0) is 13.0 Å². The first kappa shape index (κ1) is 11.9. The fourth-order valence-electron chi connectivity index (χ4n) is 1.24. The van der Waals surface area contributed by atoms with Gasteiger partial charge >= 0.3 is 11.7 Å². The molecule has 86 valence electrons. The molecule has 0 spiro atoms. The van der Waals surface area contributed by atoms with Gasteiger partial charge in [0.2, 0.25) is 5.82 Å². The van der Waals surface area contributed by atoms with Crippen LogP contribution in [0.1, 0.15) is 5.69 Å². The number of carboxylic acids is 1. The molecular formula is C9H11N3O4. The Morgan fingerprint density at radius 1 is 1.62 bits per heavy atom. The third-order valence-electron chi connectivity index (χ3n) is 1.92. The number of hydrogen-bond acceptors (Lipinski definition) is 5. The number of aromatic nitrogens is 1. The van der Waals surface area contributed by atoms with Gasteiger partial charge in [-0.3, -0.25) is 14.9 Å². The predicted molar refractivity (Wildman–Crippen MR) is 56.5 cm³/mol. The number of aryl methyl sites for hydroxylation is 1. The van der Waals surface area contributed by atoms with Crippen LogP contribution in [0.15, 0.2) is 12.1 Å². The molecule has 0 aliphatic heterocycles. The fourth-order valence-corrected chi connectivity index (χ4v) is 1.24. The van der Waals surface area contributed by atoms with Crippen molar-refractivity contribution < 1.29 is 14.8 Å². The molecule has 7 nitrogen and oxygen atoms in total. The lowest BCUT2D eigenvalue weighted by molar-refractivity contribution is -0.384. The number of carboxylic acid groups (broad SMARTS) is 1. The highest BCUT2D eigenvalue weighted by atomic mass is 16.6. The molecule has 16 heavy (non-hydrogen) atoms. The molecule has 1 heterocycles. The van der Waals surface area contributed by atoms with E-state index >= 15 is 0 Å². The second kappa shape index (κ2) is 4.56. The van der Waals surface area contributed by atoms with Gasteiger partial charge in [0.25, 0.3) is 0 Å². The van der Waals surface area contributed by atoms with Crippen molar-refractivity contribution in [3.63, 3.8) is 0 Å². The van der Waals surface area contributed by atoms with Gasteiger partial charge in [-0.2, -0.15) is 0 Å². The molecule has 0 aliphatic carbocycles. The van der Waals surface area contributed by atoms with E-state index in [4.69, 9.17) is 5.11 Å². The quantitative estimate of drug-likeness (QED) is 0.601. The molecule has 0 saturated carbocycles. The Bertz CT molecular complexity index is 433. The fraction of sp³-hybridized carbons (Fsp3) is 0.333. The van der Waals surface area contributed by atoms with Crippen LogP contribution in [0, 0.1) is 17.0 Å². The van der Waals surface area contributed by atoms with Gasteiger partial charge in [-0.1, -0.05) is 0 Å². The van der Waals surface area contributed by atoms with Gasteiger partial charge in [0.1, 0.15) is 6.54 Å². The first-order valence-corrected chi connectivity index (χ1v) is 4.46. The largest absolute Gasteiger partial charge is 0.480 e. The van der Waals surface area contributed by atoms with Crippen LogP contribution in [0.25, 0.3) is 0 Å². The normalized spacial score (nSPS) is 9.88. The van der Waals surface area contributed by atoms with Crippen molar-refractivity contribution in [1.29, 1.82) is 0 Å². The molecular weight excluding hydrogens is 214 g/mol. The monoisotopic (exact) mass is 225 g/mol. The molecule has 0 radical (unpaired) electrons. The van der Waals surface area contributed by atoms with Crippen molar-refractivity contribution in [1.82, 2.24) is 4.98 Å². The highest BCUT2D eigenvalue weighted by molar-refractivity contribution is 5.74. The van der Waals surface area contributed by atoms with Crippen molar-refractivity contribution in [3.05, 3.63) is 27.9 Å². The minimum atomic E-state index is -1.07. The summed E-state index contributed by atoms with van der Waals surface area (Å²) in [5, 5.41) is 19.3. The van der Waals surface area contributed by atoms with E-state index in [1.165, 1.54) is 24.1 Å². The van der Waals surface area contributed by atoms with Gasteiger partial charge in [0.05, 0.1) is 4.92 Å². The van der Waals surface area contributed by atoms with Gasteiger partial charge in [0, 0.05) is 18.8 Å². The number of likely N-dealkylation sites (N-methyl/N-ethyl adjacent to an activating group) is 1. The summed E-state index contributed by atoms with van der Waals surface area (Å²) in [4.78, 5) is 25.8. The van der Waals surface area contributed by atoms with Crippen LogP contribution in [0.4, 0.5) is 11.5 Å². The zero-order valence-corrected chi connectivity index (χ0v) is 8.88. The maximum Gasteiger partial charge on any atom is 0.323 e. The summed E-state index contributed by atoms with van der Waals surface area (Å²) < 4.78 is 0. The minimum Gasteiger partial charge on any atom is -0.480 e. The summed E-state index contributed by atoms with van der Waals surface area (Å²) in [6.07, 6.45) is 0. The molecule has 7 heteroatoms. The van der Waals surface area contributed by atoms with E-state index in [1.54, 1.807) is 6.92 Å². The maximum absolute atomic E-state index is 10.7. The standard InChI is InChI=1S/C9H11N3O4/c1-6-3-4-7(12(15)16)9(10-6)11(2)5-8(13)14/h3-4H,5H2,1-2H3,(H,13,14). The molecule has 0 unspecified atom stereocenters. The van der Waals surface area contributed by atoms with E-state index in [1.807, 2.05) is 0 Å². The summed E-state index contributed by atoms with van der Waals surface area (Å²) in [5.41, 5.74) is 0.396. The van der Waals surface area contributed by atoms with E-state index in [2.05, 4.69) is 4.98 Å². The summed E-state index contributed by atoms with van der Waals surface area (Å²) in [7, 11) is 1.45. The molecule has 1 N–H and O–H groups in total. The highest BCUT2D eigenvalue weighted by Crippen LogP contribution is 2.24. The molecule has 0 saturated heterocycles. The van der Waals surface area contributed by atoms with Crippen LogP contribution >= 0.6 is 0 Å². The number of anilines is 1. The Morgan fingerprint density at radius 2 is 2.25 bits per heavy atom. The number of hydrogen-bond donors (Lipinski definition) is 1.